The van der Waals surface area contributed by atoms with Crippen molar-refractivity contribution in [2.75, 3.05) is 33.7 Å². The minimum atomic E-state index is -0.878. The molecule has 0 aromatic heterocycles. The average molecular weight is 432 g/mol. The average Bonchev–Trinajstić information content (AvgIpc) is 2.64. The molecule has 28 heavy (non-hydrogen) atoms. The molecule has 2 rings (SSSR count). The van der Waals surface area contributed by atoms with E-state index in [4.69, 9.17) is 21.5 Å². The van der Waals surface area contributed by atoms with Crippen LogP contribution >= 0.6 is 23.5 Å². The zero-order valence-electron chi connectivity index (χ0n) is 15.3. The molecule has 10 heteroatoms. The SMILES string of the molecule is CN(C)CCN(CC(=O)NO)Sc1cc(F)c(Oc2ccc(Cl)cc2)c(F)c1. The standard InChI is InChI=1S/C18H20ClF2N3O3S/c1-23(2)7-8-24(11-17(25)22-26)28-14-9-15(20)18(16(21)10-14)27-13-5-3-12(19)4-6-13/h3-6,9-10,26H,7-8,11H2,1-2H3,(H,22,25). The molecule has 0 aliphatic heterocycles. The molecule has 2 N–H and O–H groups in total. The molecule has 0 atom stereocenters. The van der Waals surface area contributed by atoms with E-state index in [1.165, 1.54) is 12.1 Å². The first-order valence-electron chi connectivity index (χ1n) is 8.21. The molecule has 2 aromatic carbocycles. The lowest BCUT2D eigenvalue weighted by atomic mass is 10.3. The lowest BCUT2D eigenvalue weighted by Gasteiger charge is -2.22. The van der Waals surface area contributed by atoms with Crippen LogP contribution in [0.1, 0.15) is 0 Å². The largest absolute Gasteiger partial charge is 0.451 e. The number of hydrogen-bond acceptors (Lipinski definition) is 6. The van der Waals surface area contributed by atoms with Crippen LogP contribution < -0.4 is 10.2 Å². The maximum absolute atomic E-state index is 14.4. The molecule has 2 aromatic rings. The number of hydrogen-bond donors (Lipinski definition) is 2. The van der Waals surface area contributed by atoms with Crippen molar-refractivity contribution in [3.63, 3.8) is 0 Å². The predicted octanol–water partition coefficient (Wildman–Crippen LogP) is 3.79. The van der Waals surface area contributed by atoms with Crippen molar-refractivity contribution < 1.29 is 23.5 Å². The van der Waals surface area contributed by atoms with Gasteiger partial charge in [0.15, 0.2) is 17.4 Å². The second-order valence-corrected chi connectivity index (χ2v) is 7.67. The number of hydroxylamine groups is 1. The van der Waals surface area contributed by atoms with Crippen LogP contribution in [-0.4, -0.2) is 54.0 Å². The lowest BCUT2D eigenvalue weighted by molar-refractivity contribution is -0.129. The number of amides is 1. The Morgan fingerprint density at radius 3 is 2.32 bits per heavy atom. The van der Waals surface area contributed by atoms with E-state index in [0.29, 0.717) is 18.1 Å². The van der Waals surface area contributed by atoms with Gasteiger partial charge in [-0.05, 0) is 62.4 Å². The van der Waals surface area contributed by atoms with E-state index < -0.39 is 23.3 Å². The molecule has 0 saturated heterocycles. The van der Waals surface area contributed by atoms with Crippen molar-refractivity contribution in [2.24, 2.45) is 0 Å². The number of likely N-dealkylation sites (N-methyl/N-ethyl adjacent to an activating group) is 1. The van der Waals surface area contributed by atoms with Gasteiger partial charge in [0.2, 0.25) is 0 Å². The maximum atomic E-state index is 14.4. The fraction of sp³-hybridized carbons (Fsp3) is 0.278. The zero-order valence-corrected chi connectivity index (χ0v) is 16.9. The quantitative estimate of drug-likeness (QED) is 0.358. The van der Waals surface area contributed by atoms with Crippen LogP contribution in [0.15, 0.2) is 41.3 Å². The summed E-state index contributed by atoms with van der Waals surface area (Å²) in [6, 6.07) is 8.34. The van der Waals surface area contributed by atoms with Crippen LogP contribution in [0.25, 0.3) is 0 Å². The summed E-state index contributed by atoms with van der Waals surface area (Å²) in [5, 5.41) is 9.20. The van der Waals surface area contributed by atoms with Crippen molar-refractivity contribution in [3.8, 4) is 11.5 Å². The zero-order chi connectivity index (χ0) is 20.7. The number of carbonyl (C=O) groups is 1. The first-order chi connectivity index (χ1) is 13.3. The lowest BCUT2D eigenvalue weighted by Crippen LogP contribution is -2.35. The highest BCUT2D eigenvalue weighted by molar-refractivity contribution is 7.97. The third-order valence-corrected chi connectivity index (χ3v) is 4.75. The van der Waals surface area contributed by atoms with Gasteiger partial charge in [-0.2, -0.15) is 0 Å². The molecule has 0 aliphatic carbocycles. The molecule has 0 saturated carbocycles. The number of nitrogens with one attached hydrogen (secondary N) is 1. The van der Waals surface area contributed by atoms with E-state index in [0.717, 1.165) is 24.1 Å². The summed E-state index contributed by atoms with van der Waals surface area (Å²) >= 11 is 6.78. The Bertz CT molecular complexity index is 786. The van der Waals surface area contributed by atoms with Gasteiger partial charge in [-0.1, -0.05) is 11.6 Å². The van der Waals surface area contributed by atoms with Crippen LogP contribution in [0.4, 0.5) is 8.78 Å². The molecule has 0 fully saturated rings. The van der Waals surface area contributed by atoms with Gasteiger partial charge in [-0.25, -0.2) is 18.6 Å². The molecule has 0 heterocycles. The Balaban J connectivity index is 2.15. The van der Waals surface area contributed by atoms with Crippen molar-refractivity contribution >= 4 is 29.5 Å². The molecular formula is C18H20ClF2N3O3S. The minimum absolute atomic E-state index is 0.152. The van der Waals surface area contributed by atoms with Crippen molar-refractivity contribution in [1.29, 1.82) is 0 Å². The molecule has 0 unspecified atom stereocenters. The van der Waals surface area contributed by atoms with Gasteiger partial charge in [0.1, 0.15) is 5.75 Å². The van der Waals surface area contributed by atoms with Gasteiger partial charge in [0.25, 0.3) is 5.91 Å². The second kappa shape index (κ2) is 10.6. The number of rotatable bonds is 9. The summed E-state index contributed by atoms with van der Waals surface area (Å²) in [4.78, 5) is 13.6. The van der Waals surface area contributed by atoms with Gasteiger partial charge in [0, 0.05) is 23.0 Å². The summed E-state index contributed by atoms with van der Waals surface area (Å²) < 4.78 is 35.7. The van der Waals surface area contributed by atoms with Gasteiger partial charge in [-0.3, -0.25) is 10.0 Å². The highest BCUT2D eigenvalue weighted by Crippen LogP contribution is 2.33. The Morgan fingerprint density at radius 2 is 1.79 bits per heavy atom. The summed E-state index contributed by atoms with van der Waals surface area (Å²) in [7, 11) is 3.72. The van der Waals surface area contributed by atoms with Crippen molar-refractivity contribution in [2.45, 2.75) is 4.90 Å². The number of ether oxygens (including phenoxy) is 1. The van der Waals surface area contributed by atoms with E-state index >= 15 is 0 Å². The van der Waals surface area contributed by atoms with E-state index in [2.05, 4.69) is 0 Å². The summed E-state index contributed by atoms with van der Waals surface area (Å²) in [5.74, 6) is -2.67. The molecule has 152 valence electrons. The summed E-state index contributed by atoms with van der Waals surface area (Å²) in [6.45, 7) is 0.882. The van der Waals surface area contributed by atoms with Crippen LogP contribution in [0.2, 0.25) is 5.02 Å². The van der Waals surface area contributed by atoms with Crippen molar-refractivity contribution in [1.82, 2.24) is 14.7 Å². The molecular weight excluding hydrogens is 412 g/mol. The molecule has 1 amide bonds. The maximum Gasteiger partial charge on any atom is 0.258 e. The van der Waals surface area contributed by atoms with E-state index in [1.54, 1.807) is 21.9 Å². The summed E-state index contributed by atoms with van der Waals surface area (Å²) in [5.41, 5.74) is 1.55. The van der Waals surface area contributed by atoms with Gasteiger partial charge in [0.05, 0.1) is 6.54 Å². The minimum Gasteiger partial charge on any atom is -0.451 e. The van der Waals surface area contributed by atoms with Gasteiger partial charge in [-0.15, -0.1) is 0 Å². The molecule has 6 nitrogen and oxygen atoms in total. The van der Waals surface area contributed by atoms with Crippen molar-refractivity contribution in [3.05, 3.63) is 53.1 Å². The van der Waals surface area contributed by atoms with Gasteiger partial charge >= 0.3 is 0 Å². The fourth-order valence-corrected chi connectivity index (χ4v) is 3.21. The fourth-order valence-electron chi connectivity index (χ4n) is 2.12. The Morgan fingerprint density at radius 1 is 1.18 bits per heavy atom. The predicted molar refractivity (Wildman–Crippen MR) is 104 cm³/mol. The van der Waals surface area contributed by atoms with E-state index in [9.17, 15) is 13.6 Å². The number of benzene rings is 2. The second-order valence-electron chi connectivity index (χ2n) is 6.07. The summed E-state index contributed by atoms with van der Waals surface area (Å²) in [6.07, 6.45) is 0. The number of nitrogens with zero attached hydrogens (tertiary/aromatic N) is 2. The number of halogens is 3. The van der Waals surface area contributed by atoms with Crippen LogP contribution in [-0.2, 0) is 4.79 Å². The monoisotopic (exact) mass is 431 g/mol. The van der Waals surface area contributed by atoms with E-state index in [1.807, 2.05) is 19.0 Å². The third kappa shape index (κ3) is 6.92. The Hall–Kier alpha value is -1.91. The van der Waals surface area contributed by atoms with E-state index in [-0.39, 0.29) is 17.2 Å². The van der Waals surface area contributed by atoms with Gasteiger partial charge < -0.3 is 9.64 Å². The first-order valence-corrected chi connectivity index (χ1v) is 9.36. The third-order valence-electron chi connectivity index (χ3n) is 3.48. The molecule has 0 aliphatic rings. The molecule has 0 radical (unpaired) electrons. The van der Waals surface area contributed by atoms with Crippen LogP contribution in [0.5, 0.6) is 11.5 Å². The molecule has 0 bridgehead atoms. The molecule has 0 spiro atoms. The normalized spacial score (nSPS) is 11.1. The topological polar surface area (TPSA) is 65.0 Å². The highest BCUT2D eigenvalue weighted by Gasteiger charge is 2.18. The first kappa shape index (κ1) is 22.4. The highest BCUT2D eigenvalue weighted by atomic mass is 35.5. The smallest absolute Gasteiger partial charge is 0.258 e. The Kier molecular flexibility index (Phi) is 8.46. The Labute approximate surface area is 171 Å². The van der Waals surface area contributed by atoms with Crippen LogP contribution in [0.3, 0.4) is 0 Å². The van der Waals surface area contributed by atoms with Crippen LogP contribution in [0, 0.1) is 11.6 Å². The number of carbonyl (C=O) groups excluding carboxylic acids is 1.